The van der Waals surface area contributed by atoms with Crippen LogP contribution in [0, 0.1) is 6.92 Å². The summed E-state index contributed by atoms with van der Waals surface area (Å²) in [6, 6.07) is 10.8. The average molecular weight is 581 g/mol. The molecule has 3 aromatic heterocycles. The molecule has 10 nitrogen and oxygen atoms in total. The number of pyridine rings is 1. The Morgan fingerprint density at radius 1 is 0.976 bits per heavy atom. The number of urea groups is 1. The number of nitrogens with zero attached hydrogens (tertiary/aromatic N) is 5. The van der Waals surface area contributed by atoms with Crippen LogP contribution in [0.3, 0.4) is 0 Å². The number of alkyl halides is 3. The van der Waals surface area contributed by atoms with Crippen molar-refractivity contribution in [2.75, 3.05) is 16.4 Å². The third-order valence-electron chi connectivity index (χ3n) is 5.68. The van der Waals surface area contributed by atoms with Crippen LogP contribution in [0.25, 0.3) is 16.8 Å². The summed E-state index contributed by atoms with van der Waals surface area (Å²) >= 11 is 6.01. The smallest absolute Gasteiger partial charge is 0.416 e. The van der Waals surface area contributed by atoms with E-state index in [2.05, 4.69) is 30.7 Å². The third-order valence-corrected chi connectivity index (χ3v) is 5.88. The minimum atomic E-state index is -4.60. The zero-order valence-electron chi connectivity index (χ0n) is 21.1. The summed E-state index contributed by atoms with van der Waals surface area (Å²) in [7, 11) is 0. The number of anilines is 3. The number of carbonyl (C=O) groups is 1. The summed E-state index contributed by atoms with van der Waals surface area (Å²) in [6.07, 6.45) is 2.60. The van der Waals surface area contributed by atoms with Gasteiger partial charge in [0.2, 0.25) is 0 Å². The maximum atomic E-state index is 13.3. The molecule has 2 aromatic carbocycles. The molecule has 14 heteroatoms. The van der Waals surface area contributed by atoms with Gasteiger partial charge in [0.1, 0.15) is 11.6 Å². The number of hydrogen-bond acceptors (Lipinski definition) is 7. The lowest BCUT2D eigenvalue weighted by Crippen LogP contribution is -2.21. The van der Waals surface area contributed by atoms with Crippen molar-refractivity contribution in [3.05, 3.63) is 95.7 Å². The Kier molecular flexibility index (Phi) is 7.44. The van der Waals surface area contributed by atoms with Gasteiger partial charge in [-0.3, -0.25) is 0 Å². The Morgan fingerprint density at radius 3 is 2.37 bits per heavy atom. The summed E-state index contributed by atoms with van der Waals surface area (Å²) in [6.45, 7) is 1.78. The third kappa shape index (κ3) is 6.53. The molecule has 4 N–H and O–H groups in total. The summed E-state index contributed by atoms with van der Waals surface area (Å²) in [5, 5.41) is 9.50. The number of nitrogens with two attached hydrogens (primary N) is 1. The molecule has 0 fully saturated rings. The normalized spacial score (nSPS) is 11.2. The predicted molar refractivity (Wildman–Crippen MR) is 147 cm³/mol. The minimum Gasteiger partial charge on any atom is -0.424 e. The Labute approximate surface area is 236 Å². The van der Waals surface area contributed by atoms with Gasteiger partial charge in [-0.1, -0.05) is 23.7 Å². The quantitative estimate of drug-likeness (QED) is 0.203. The second-order valence-electron chi connectivity index (χ2n) is 8.74. The Morgan fingerprint density at radius 2 is 1.71 bits per heavy atom. The summed E-state index contributed by atoms with van der Waals surface area (Å²) in [5.74, 6) is 0.769. The molecule has 0 aliphatic heterocycles. The van der Waals surface area contributed by atoms with E-state index >= 15 is 0 Å². The number of nitrogen functional groups attached to an aromatic ring is 1. The number of nitrogens with one attached hydrogen (secondary N) is 2. The zero-order valence-corrected chi connectivity index (χ0v) is 21.9. The van der Waals surface area contributed by atoms with Crippen LogP contribution in [0.1, 0.15) is 11.1 Å². The van der Waals surface area contributed by atoms with Gasteiger partial charge in [0.05, 0.1) is 46.2 Å². The molecular formula is C27H20ClF3N8O2. The topological polar surface area (TPSA) is 133 Å². The van der Waals surface area contributed by atoms with Gasteiger partial charge in [-0.05, 0) is 54.4 Å². The first-order valence-electron chi connectivity index (χ1n) is 11.9. The standard InChI is InChI=1S/C27H20ClF3N8O2/c1-15-10-36-39(14-15)23-7-4-17(27(29,30)31)8-22(23)38-25(40)37-19-12-34-26(35-13-19)41-20-5-2-16(3-6-20)21-9-18(28)11-33-24(21)32/h2-14H,1H3,(H2,32,33)(H2,37,38,40). The lowest BCUT2D eigenvalue weighted by atomic mass is 10.1. The van der Waals surface area contributed by atoms with Crippen LogP contribution >= 0.6 is 11.6 Å². The summed E-state index contributed by atoms with van der Waals surface area (Å²) < 4.78 is 47.0. The highest BCUT2D eigenvalue weighted by Crippen LogP contribution is 2.34. The monoisotopic (exact) mass is 580 g/mol. The van der Waals surface area contributed by atoms with E-state index in [4.69, 9.17) is 22.1 Å². The maximum absolute atomic E-state index is 13.3. The highest BCUT2D eigenvalue weighted by Gasteiger charge is 2.31. The number of halogens is 4. The number of aromatic nitrogens is 5. The number of hydrogen-bond donors (Lipinski definition) is 3. The zero-order chi connectivity index (χ0) is 29.1. The van der Waals surface area contributed by atoms with Crippen molar-refractivity contribution in [3.8, 4) is 28.6 Å². The lowest BCUT2D eigenvalue weighted by Gasteiger charge is -2.15. The van der Waals surface area contributed by atoms with Crippen molar-refractivity contribution < 1.29 is 22.7 Å². The molecule has 5 aromatic rings. The number of ether oxygens (including phenoxy) is 1. The van der Waals surface area contributed by atoms with Gasteiger partial charge < -0.3 is 21.1 Å². The second kappa shape index (κ2) is 11.1. The van der Waals surface area contributed by atoms with Crippen molar-refractivity contribution in [2.24, 2.45) is 0 Å². The van der Waals surface area contributed by atoms with Crippen molar-refractivity contribution in [3.63, 3.8) is 0 Å². The molecule has 2 amide bonds. The first-order valence-corrected chi connectivity index (χ1v) is 12.3. The average Bonchev–Trinajstić information content (AvgIpc) is 3.37. The predicted octanol–water partition coefficient (Wildman–Crippen LogP) is 6.72. The van der Waals surface area contributed by atoms with Crippen molar-refractivity contribution in [1.29, 1.82) is 0 Å². The van der Waals surface area contributed by atoms with Gasteiger partial charge in [0.25, 0.3) is 0 Å². The highest BCUT2D eigenvalue weighted by atomic mass is 35.5. The second-order valence-corrected chi connectivity index (χ2v) is 9.17. The van der Waals surface area contributed by atoms with E-state index in [-0.39, 0.29) is 23.1 Å². The molecule has 0 aliphatic carbocycles. The van der Waals surface area contributed by atoms with Crippen LogP contribution in [-0.4, -0.2) is 30.8 Å². The van der Waals surface area contributed by atoms with E-state index < -0.39 is 17.8 Å². The fourth-order valence-corrected chi connectivity index (χ4v) is 3.92. The summed E-state index contributed by atoms with van der Waals surface area (Å²) in [4.78, 5) is 24.8. The first kappa shape index (κ1) is 27.4. The van der Waals surface area contributed by atoms with E-state index in [0.29, 0.717) is 22.2 Å². The van der Waals surface area contributed by atoms with E-state index in [9.17, 15) is 18.0 Å². The molecule has 0 spiro atoms. The fourth-order valence-electron chi connectivity index (χ4n) is 3.76. The van der Waals surface area contributed by atoms with Crippen LogP contribution in [0.5, 0.6) is 11.8 Å². The molecule has 0 saturated heterocycles. The number of amides is 2. The molecule has 41 heavy (non-hydrogen) atoms. The van der Waals surface area contributed by atoms with E-state index in [0.717, 1.165) is 23.3 Å². The molecule has 0 atom stereocenters. The first-order chi connectivity index (χ1) is 19.5. The molecule has 0 radical (unpaired) electrons. The van der Waals surface area contributed by atoms with Crippen LogP contribution < -0.4 is 21.1 Å². The molecule has 208 valence electrons. The molecular weight excluding hydrogens is 561 g/mol. The largest absolute Gasteiger partial charge is 0.424 e. The van der Waals surface area contributed by atoms with Crippen LogP contribution in [0.4, 0.5) is 35.2 Å². The highest BCUT2D eigenvalue weighted by molar-refractivity contribution is 6.30. The van der Waals surface area contributed by atoms with Crippen LogP contribution in [-0.2, 0) is 6.18 Å². The van der Waals surface area contributed by atoms with Crippen molar-refractivity contribution in [2.45, 2.75) is 13.1 Å². The molecule has 0 unspecified atom stereocenters. The van der Waals surface area contributed by atoms with Gasteiger partial charge in [0, 0.05) is 18.0 Å². The Hall–Kier alpha value is -5.17. The molecule has 0 aliphatic rings. The summed E-state index contributed by atoms with van der Waals surface area (Å²) in [5.41, 5.74) is 7.58. The fraction of sp³-hybridized carbons (Fsp3) is 0.0741. The maximum Gasteiger partial charge on any atom is 0.416 e. The van der Waals surface area contributed by atoms with Gasteiger partial charge in [-0.2, -0.15) is 18.3 Å². The number of aryl methyl sites for hydroxylation is 1. The molecule has 5 rings (SSSR count). The molecule has 3 heterocycles. The molecule has 0 bridgehead atoms. The van der Waals surface area contributed by atoms with Crippen molar-refractivity contribution in [1.82, 2.24) is 24.7 Å². The Balaban J connectivity index is 1.26. The van der Waals surface area contributed by atoms with E-state index in [1.165, 1.54) is 29.3 Å². The number of carbonyl (C=O) groups excluding carboxylic acids is 1. The lowest BCUT2D eigenvalue weighted by molar-refractivity contribution is -0.137. The van der Waals surface area contributed by atoms with Crippen LogP contribution in [0.15, 0.2) is 79.5 Å². The number of rotatable bonds is 6. The van der Waals surface area contributed by atoms with Gasteiger partial charge in [-0.25, -0.2) is 24.4 Å². The van der Waals surface area contributed by atoms with Gasteiger partial charge in [0.15, 0.2) is 0 Å². The van der Waals surface area contributed by atoms with Crippen LogP contribution in [0.2, 0.25) is 5.02 Å². The van der Waals surface area contributed by atoms with Crippen molar-refractivity contribution >= 4 is 34.8 Å². The molecule has 0 saturated carbocycles. The SMILES string of the molecule is Cc1cnn(-c2ccc(C(F)(F)F)cc2NC(=O)Nc2cnc(Oc3ccc(-c4cc(Cl)cnc4N)cc3)nc2)c1. The van der Waals surface area contributed by atoms with Gasteiger partial charge >= 0.3 is 18.2 Å². The van der Waals surface area contributed by atoms with E-state index in [1.54, 1.807) is 49.6 Å². The number of benzene rings is 2. The van der Waals surface area contributed by atoms with Gasteiger partial charge in [-0.15, -0.1) is 0 Å². The Bertz CT molecular complexity index is 1710. The van der Waals surface area contributed by atoms with E-state index in [1.807, 2.05) is 0 Å². The minimum absolute atomic E-state index is 0.00172.